The Hall–Kier alpha value is -3.77. The fraction of sp³-hybridized carbons (Fsp3) is 0.300. The van der Waals surface area contributed by atoms with Crippen molar-refractivity contribution in [3.8, 4) is 17.0 Å². The van der Waals surface area contributed by atoms with Crippen LogP contribution in [0.15, 0.2) is 72.8 Å². The average molecular weight is 484 g/mol. The second-order valence-electron chi connectivity index (χ2n) is 9.23. The Morgan fingerprint density at radius 3 is 2.47 bits per heavy atom. The number of rotatable bonds is 8. The van der Waals surface area contributed by atoms with Gasteiger partial charge in [0.25, 0.3) is 0 Å². The van der Waals surface area contributed by atoms with E-state index >= 15 is 0 Å². The number of nitrogens with one attached hydrogen (secondary N) is 2. The molecule has 2 heterocycles. The molecule has 1 amide bonds. The fourth-order valence-electron chi connectivity index (χ4n) is 4.89. The number of anilines is 1. The number of morpholine rings is 1. The van der Waals surface area contributed by atoms with Crippen molar-refractivity contribution in [2.45, 2.75) is 25.8 Å². The van der Waals surface area contributed by atoms with Gasteiger partial charge >= 0.3 is 0 Å². The summed E-state index contributed by atoms with van der Waals surface area (Å²) in [6, 6.07) is 24.7. The van der Waals surface area contributed by atoms with Crippen LogP contribution in [-0.4, -0.2) is 44.3 Å². The first-order valence-corrected chi connectivity index (χ1v) is 12.6. The molecule has 36 heavy (non-hydrogen) atoms. The van der Waals surface area contributed by atoms with Crippen LogP contribution in [0, 0.1) is 0 Å². The Morgan fingerprint density at radius 2 is 1.75 bits per heavy atom. The molecule has 0 aliphatic carbocycles. The van der Waals surface area contributed by atoms with Crippen LogP contribution in [0.1, 0.15) is 30.5 Å². The summed E-state index contributed by atoms with van der Waals surface area (Å²) in [6.07, 6.45) is 1.07. The summed E-state index contributed by atoms with van der Waals surface area (Å²) in [5, 5.41) is 4.34. The van der Waals surface area contributed by atoms with Crippen LogP contribution in [0.25, 0.3) is 22.2 Å². The second-order valence-corrected chi connectivity index (χ2v) is 9.23. The van der Waals surface area contributed by atoms with Crippen LogP contribution in [0.3, 0.4) is 0 Å². The van der Waals surface area contributed by atoms with Gasteiger partial charge in [-0.3, -0.25) is 4.79 Å². The number of hydrogen-bond donors (Lipinski definition) is 2. The minimum atomic E-state index is -0.0553. The predicted octanol–water partition coefficient (Wildman–Crippen LogP) is 5.49. The number of carbonyl (C=O) groups is 1. The lowest BCUT2D eigenvalue weighted by Crippen LogP contribution is -2.36. The number of aryl methyl sites for hydroxylation is 1. The summed E-state index contributed by atoms with van der Waals surface area (Å²) in [6.45, 7) is 5.40. The van der Waals surface area contributed by atoms with Crippen molar-refractivity contribution in [1.29, 1.82) is 0 Å². The maximum Gasteiger partial charge on any atom is 0.220 e. The van der Waals surface area contributed by atoms with Crippen molar-refractivity contribution < 1.29 is 14.3 Å². The molecule has 1 unspecified atom stereocenters. The summed E-state index contributed by atoms with van der Waals surface area (Å²) in [5.74, 6) is 0.869. The van der Waals surface area contributed by atoms with E-state index in [9.17, 15) is 4.79 Å². The highest BCUT2D eigenvalue weighted by Crippen LogP contribution is 2.32. The Morgan fingerprint density at radius 1 is 1.03 bits per heavy atom. The zero-order chi connectivity index (χ0) is 24.9. The predicted molar refractivity (Wildman–Crippen MR) is 145 cm³/mol. The van der Waals surface area contributed by atoms with E-state index in [2.05, 4.69) is 63.7 Å². The molecular formula is C30H33N3O3. The van der Waals surface area contributed by atoms with E-state index in [4.69, 9.17) is 9.47 Å². The molecule has 1 aliphatic heterocycles. The van der Waals surface area contributed by atoms with Crippen molar-refractivity contribution in [2.75, 3.05) is 38.3 Å². The van der Waals surface area contributed by atoms with Gasteiger partial charge in [-0.05, 0) is 72.5 Å². The zero-order valence-corrected chi connectivity index (χ0v) is 20.9. The number of benzene rings is 3. The third-order valence-corrected chi connectivity index (χ3v) is 6.94. The van der Waals surface area contributed by atoms with Crippen LogP contribution in [-0.2, 0) is 16.0 Å². The van der Waals surface area contributed by atoms with E-state index in [0.717, 1.165) is 65.3 Å². The van der Waals surface area contributed by atoms with Crippen molar-refractivity contribution in [3.63, 3.8) is 0 Å². The normalized spacial score (nSPS) is 14.6. The Labute approximate surface area is 212 Å². The van der Waals surface area contributed by atoms with Gasteiger partial charge in [-0.2, -0.15) is 0 Å². The number of fused-ring (bicyclic) bond motifs is 1. The van der Waals surface area contributed by atoms with Gasteiger partial charge in [-0.25, -0.2) is 0 Å². The highest BCUT2D eigenvalue weighted by molar-refractivity contribution is 5.91. The molecule has 6 nitrogen and oxygen atoms in total. The van der Waals surface area contributed by atoms with E-state index in [1.54, 1.807) is 7.11 Å². The number of H-pyrrole nitrogens is 1. The van der Waals surface area contributed by atoms with Crippen molar-refractivity contribution in [3.05, 3.63) is 83.9 Å². The Balaban J connectivity index is 1.26. The van der Waals surface area contributed by atoms with Gasteiger partial charge in [0.05, 0.1) is 26.4 Å². The van der Waals surface area contributed by atoms with Crippen LogP contribution in [0.2, 0.25) is 0 Å². The maximum absolute atomic E-state index is 12.9. The smallest absolute Gasteiger partial charge is 0.220 e. The molecule has 0 bridgehead atoms. The number of para-hydroxylation sites is 1. The van der Waals surface area contributed by atoms with Crippen LogP contribution in [0.4, 0.5) is 5.69 Å². The summed E-state index contributed by atoms with van der Waals surface area (Å²) >= 11 is 0. The molecule has 1 atom stereocenters. The van der Waals surface area contributed by atoms with Gasteiger partial charge in [0.15, 0.2) is 0 Å². The third-order valence-electron chi connectivity index (χ3n) is 6.94. The molecule has 186 valence electrons. The molecule has 1 aromatic heterocycles. The lowest BCUT2D eigenvalue weighted by atomic mass is 10.0. The van der Waals surface area contributed by atoms with E-state index in [-0.39, 0.29) is 11.9 Å². The quantitative estimate of drug-likeness (QED) is 0.348. The first-order chi connectivity index (χ1) is 17.6. The van der Waals surface area contributed by atoms with Crippen molar-refractivity contribution in [2.24, 2.45) is 0 Å². The standard InChI is InChI=1S/C30H33N3O3/c1-21(22-7-11-24(12-8-22)33-17-19-36-20-18-33)31-29(34)16-15-27-26-5-3-4-6-28(26)32-30(27)23-9-13-25(35-2)14-10-23/h3-14,21,32H,15-20H2,1-2H3,(H,31,34). The molecule has 6 heteroatoms. The van der Waals surface area contributed by atoms with Gasteiger partial charge in [0.2, 0.25) is 5.91 Å². The number of amides is 1. The first kappa shape index (κ1) is 23.9. The molecule has 0 saturated carbocycles. The minimum Gasteiger partial charge on any atom is -0.497 e. The van der Waals surface area contributed by atoms with Crippen LogP contribution < -0.4 is 15.0 Å². The summed E-state index contributed by atoms with van der Waals surface area (Å²) in [4.78, 5) is 18.8. The van der Waals surface area contributed by atoms with Gasteiger partial charge in [0.1, 0.15) is 5.75 Å². The van der Waals surface area contributed by atoms with Crippen molar-refractivity contribution in [1.82, 2.24) is 10.3 Å². The maximum atomic E-state index is 12.9. The van der Waals surface area contributed by atoms with E-state index < -0.39 is 0 Å². The molecule has 5 rings (SSSR count). The molecule has 2 N–H and O–H groups in total. The Bertz CT molecular complexity index is 1310. The molecule has 1 aliphatic rings. The van der Waals surface area contributed by atoms with Crippen LogP contribution >= 0.6 is 0 Å². The monoisotopic (exact) mass is 483 g/mol. The molecular weight excluding hydrogens is 450 g/mol. The topological polar surface area (TPSA) is 66.6 Å². The van der Waals surface area contributed by atoms with Crippen molar-refractivity contribution >= 4 is 22.5 Å². The van der Waals surface area contributed by atoms with E-state index in [1.807, 2.05) is 31.2 Å². The summed E-state index contributed by atoms with van der Waals surface area (Å²) < 4.78 is 10.8. The van der Waals surface area contributed by atoms with Gasteiger partial charge in [0, 0.05) is 41.8 Å². The SMILES string of the molecule is COc1ccc(-c2[nH]c3ccccc3c2CCC(=O)NC(C)c2ccc(N3CCOCC3)cc2)cc1. The molecule has 0 spiro atoms. The number of hydrogen-bond acceptors (Lipinski definition) is 4. The molecule has 4 aromatic rings. The van der Waals surface area contributed by atoms with E-state index in [1.165, 1.54) is 5.69 Å². The third kappa shape index (κ3) is 5.24. The van der Waals surface area contributed by atoms with Gasteiger partial charge in [-0.1, -0.05) is 30.3 Å². The number of aromatic nitrogens is 1. The molecule has 0 radical (unpaired) electrons. The minimum absolute atomic E-state index is 0.0470. The zero-order valence-electron chi connectivity index (χ0n) is 20.9. The number of ether oxygens (including phenoxy) is 2. The van der Waals surface area contributed by atoms with Crippen LogP contribution in [0.5, 0.6) is 5.75 Å². The first-order valence-electron chi connectivity index (χ1n) is 12.6. The average Bonchev–Trinajstić information content (AvgIpc) is 3.31. The highest BCUT2D eigenvalue weighted by Gasteiger charge is 2.17. The number of nitrogens with zero attached hydrogens (tertiary/aromatic N) is 1. The lowest BCUT2D eigenvalue weighted by Gasteiger charge is -2.29. The molecule has 1 saturated heterocycles. The fourth-order valence-corrected chi connectivity index (χ4v) is 4.89. The largest absolute Gasteiger partial charge is 0.497 e. The number of methoxy groups -OCH3 is 1. The molecule has 3 aromatic carbocycles. The summed E-state index contributed by atoms with van der Waals surface area (Å²) in [7, 11) is 1.67. The lowest BCUT2D eigenvalue weighted by molar-refractivity contribution is -0.121. The highest BCUT2D eigenvalue weighted by atomic mass is 16.5. The summed E-state index contributed by atoms with van der Waals surface area (Å²) in [5.41, 5.74) is 6.67. The number of carbonyl (C=O) groups excluding carboxylic acids is 1. The second kappa shape index (κ2) is 10.9. The Kier molecular flexibility index (Phi) is 7.23. The van der Waals surface area contributed by atoms with E-state index in [0.29, 0.717) is 12.8 Å². The number of aromatic amines is 1. The van der Waals surface area contributed by atoms with Gasteiger partial charge in [-0.15, -0.1) is 0 Å². The molecule has 1 fully saturated rings. The van der Waals surface area contributed by atoms with Gasteiger partial charge < -0.3 is 24.7 Å².